The SMILES string of the molecule is c1ccc(-c2c(Nc3ccc(-c4ccc(-n5c6ccccc6c6ccccc65)cc4)cc3)ccc3ccccc23)cc1. The van der Waals surface area contributed by atoms with Crippen molar-refractivity contribution < 1.29 is 0 Å². The van der Waals surface area contributed by atoms with E-state index in [4.69, 9.17) is 0 Å². The number of nitrogens with one attached hydrogen (secondary N) is 1. The lowest BCUT2D eigenvalue weighted by molar-refractivity contribution is 1.18. The van der Waals surface area contributed by atoms with Crippen LogP contribution in [0.2, 0.25) is 0 Å². The molecule has 2 nitrogen and oxygen atoms in total. The summed E-state index contributed by atoms with van der Waals surface area (Å²) in [6, 6.07) is 58.5. The van der Waals surface area contributed by atoms with Crippen molar-refractivity contribution in [2.75, 3.05) is 5.32 Å². The topological polar surface area (TPSA) is 17.0 Å². The number of hydrogen-bond donors (Lipinski definition) is 1. The summed E-state index contributed by atoms with van der Waals surface area (Å²) in [6.45, 7) is 0. The van der Waals surface area contributed by atoms with Crippen molar-refractivity contribution in [1.29, 1.82) is 0 Å². The van der Waals surface area contributed by atoms with Gasteiger partial charge >= 0.3 is 0 Å². The largest absolute Gasteiger partial charge is 0.355 e. The Balaban J connectivity index is 1.11. The highest BCUT2D eigenvalue weighted by atomic mass is 15.0. The highest BCUT2D eigenvalue weighted by Gasteiger charge is 2.12. The van der Waals surface area contributed by atoms with Crippen LogP contribution < -0.4 is 5.32 Å². The molecule has 198 valence electrons. The molecule has 0 spiro atoms. The van der Waals surface area contributed by atoms with Crippen LogP contribution in [0.5, 0.6) is 0 Å². The fourth-order valence-electron chi connectivity index (χ4n) is 6.20. The standard InChI is InChI=1S/C40H28N2/c1-2-11-31(12-3-1)40-34-13-5-4-10-30(34)22-27-37(40)41-32-23-18-28(19-24-32)29-20-25-33(26-21-29)42-38-16-8-6-14-35(38)36-15-7-9-17-39(36)42/h1-27,41H. The summed E-state index contributed by atoms with van der Waals surface area (Å²) in [4.78, 5) is 0. The Morgan fingerprint density at radius 3 is 1.60 bits per heavy atom. The normalized spacial score (nSPS) is 11.3. The fraction of sp³-hybridized carbons (Fsp3) is 0. The minimum Gasteiger partial charge on any atom is -0.355 e. The summed E-state index contributed by atoms with van der Waals surface area (Å²) in [5.41, 5.74) is 10.6. The van der Waals surface area contributed by atoms with Gasteiger partial charge in [0.05, 0.1) is 11.0 Å². The summed E-state index contributed by atoms with van der Waals surface area (Å²) >= 11 is 0. The Kier molecular flexibility index (Phi) is 5.82. The Labute approximate surface area is 245 Å². The number of hydrogen-bond acceptors (Lipinski definition) is 1. The molecule has 1 aromatic heterocycles. The molecular weight excluding hydrogens is 508 g/mol. The second-order valence-corrected chi connectivity index (χ2v) is 10.7. The second kappa shape index (κ2) is 10.1. The van der Waals surface area contributed by atoms with Gasteiger partial charge in [0.15, 0.2) is 0 Å². The van der Waals surface area contributed by atoms with Gasteiger partial charge in [-0.05, 0) is 69.9 Å². The number of anilines is 2. The third-order valence-electron chi connectivity index (χ3n) is 8.19. The Bertz CT molecular complexity index is 2140. The molecular formula is C40H28N2. The summed E-state index contributed by atoms with van der Waals surface area (Å²) in [6.07, 6.45) is 0. The molecule has 0 aliphatic carbocycles. The van der Waals surface area contributed by atoms with Crippen LogP contribution in [0, 0.1) is 0 Å². The van der Waals surface area contributed by atoms with E-state index in [-0.39, 0.29) is 0 Å². The third kappa shape index (κ3) is 4.13. The van der Waals surface area contributed by atoms with Gasteiger partial charge in [-0.25, -0.2) is 0 Å². The third-order valence-corrected chi connectivity index (χ3v) is 8.19. The molecule has 1 N–H and O–H groups in total. The van der Waals surface area contributed by atoms with Gasteiger partial charge < -0.3 is 9.88 Å². The lowest BCUT2D eigenvalue weighted by atomic mass is 9.96. The first-order valence-corrected chi connectivity index (χ1v) is 14.4. The van der Waals surface area contributed by atoms with Gasteiger partial charge in [-0.3, -0.25) is 0 Å². The molecule has 0 fully saturated rings. The fourth-order valence-corrected chi connectivity index (χ4v) is 6.20. The zero-order valence-corrected chi connectivity index (χ0v) is 23.0. The highest BCUT2D eigenvalue weighted by molar-refractivity contribution is 6.09. The molecule has 42 heavy (non-hydrogen) atoms. The van der Waals surface area contributed by atoms with Crippen molar-refractivity contribution in [1.82, 2.24) is 4.57 Å². The first kappa shape index (κ1) is 24.2. The molecule has 0 atom stereocenters. The van der Waals surface area contributed by atoms with E-state index in [1.165, 1.54) is 60.5 Å². The van der Waals surface area contributed by atoms with Crippen LogP contribution in [0.25, 0.3) is 60.5 Å². The quantitative estimate of drug-likeness (QED) is 0.231. The van der Waals surface area contributed by atoms with Gasteiger partial charge in [-0.1, -0.05) is 121 Å². The van der Waals surface area contributed by atoms with Crippen molar-refractivity contribution in [2.24, 2.45) is 0 Å². The maximum atomic E-state index is 3.70. The molecule has 0 radical (unpaired) electrons. The minimum absolute atomic E-state index is 1.06. The van der Waals surface area contributed by atoms with Gasteiger partial charge in [-0.2, -0.15) is 0 Å². The molecule has 0 amide bonds. The van der Waals surface area contributed by atoms with Crippen LogP contribution in [-0.2, 0) is 0 Å². The van der Waals surface area contributed by atoms with Crippen LogP contribution in [0.1, 0.15) is 0 Å². The van der Waals surface area contributed by atoms with Gasteiger partial charge in [0, 0.05) is 33.4 Å². The molecule has 0 saturated carbocycles. The number of para-hydroxylation sites is 2. The van der Waals surface area contributed by atoms with Gasteiger partial charge in [0.25, 0.3) is 0 Å². The number of rotatable bonds is 5. The van der Waals surface area contributed by atoms with Gasteiger partial charge in [0.2, 0.25) is 0 Å². The molecule has 2 heteroatoms. The Morgan fingerprint density at radius 1 is 0.381 bits per heavy atom. The average Bonchev–Trinajstić information content (AvgIpc) is 3.40. The lowest BCUT2D eigenvalue weighted by Crippen LogP contribution is -1.95. The van der Waals surface area contributed by atoms with Gasteiger partial charge in [0.1, 0.15) is 0 Å². The lowest BCUT2D eigenvalue weighted by Gasteiger charge is -2.16. The summed E-state index contributed by atoms with van der Waals surface area (Å²) < 4.78 is 2.36. The van der Waals surface area contributed by atoms with Crippen LogP contribution in [0.4, 0.5) is 11.4 Å². The maximum absolute atomic E-state index is 3.70. The van der Waals surface area contributed by atoms with E-state index in [2.05, 4.69) is 174 Å². The van der Waals surface area contributed by atoms with E-state index in [0.29, 0.717) is 0 Å². The van der Waals surface area contributed by atoms with Crippen molar-refractivity contribution in [3.05, 3.63) is 164 Å². The maximum Gasteiger partial charge on any atom is 0.0541 e. The molecule has 1 heterocycles. The Hall–Kier alpha value is -5.60. The summed E-state index contributed by atoms with van der Waals surface area (Å²) in [5, 5.41) is 8.74. The van der Waals surface area contributed by atoms with Gasteiger partial charge in [-0.15, -0.1) is 0 Å². The number of aromatic nitrogens is 1. The van der Waals surface area contributed by atoms with Crippen LogP contribution >= 0.6 is 0 Å². The zero-order valence-electron chi connectivity index (χ0n) is 23.0. The predicted octanol–water partition coefficient (Wildman–Crippen LogP) is 11.0. The first-order valence-electron chi connectivity index (χ1n) is 14.4. The molecule has 0 saturated heterocycles. The molecule has 8 aromatic rings. The number of fused-ring (bicyclic) bond motifs is 4. The summed E-state index contributed by atoms with van der Waals surface area (Å²) in [5.74, 6) is 0. The van der Waals surface area contributed by atoms with Crippen LogP contribution in [0.3, 0.4) is 0 Å². The van der Waals surface area contributed by atoms with Crippen molar-refractivity contribution in [3.8, 4) is 27.9 Å². The van der Waals surface area contributed by atoms with Crippen LogP contribution in [-0.4, -0.2) is 4.57 Å². The smallest absolute Gasteiger partial charge is 0.0541 e. The van der Waals surface area contributed by atoms with Crippen molar-refractivity contribution >= 4 is 44.0 Å². The minimum atomic E-state index is 1.06. The van der Waals surface area contributed by atoms with E-state index < -0.39 is 0 Å². The highest BCUT2D eigenvalue weighted by Crippen LogP contribution is 2.38. The summed E-state index contributed by atoms with van der Waals surface area (Å²) in [7, 11) is 0. The van der Waals surface area contributed by atoms with Crippen molar-refractivity contribution in [3.63, 3.8) is 0 Å². The molecule has 8 rings (SSSR count). The van der Waals surface area contributed by atoms with E-state index in [9.17, 15) is 0 Å². The molecule has 0 aliphatic rings. The van der Waals surface area contributed by atoms with E-state index >= 15 is 0 Å². The van der Waals surface area contributed by atoms with Crippen molar-refractivity contribution in [2.45, 2.75) is 0 Å². The zero-order chi connectivity index (χ0) is 27.9. The predicted molar refractivity (Wildman–Crippen MR) is 179 cm³/mol. The molecule has 0 unspecified atom stereocenters. The monoisotopic (exact) mass is 536 g/mol. The van der Waals surface area contributed by atoms with E-state index in [1.807, 2.05) is 0 Å². The number of nitrogens with zero attached hydrogens (tertiary/aromatic N) is 1. The van der Waals surface area contributed by atoms with E-state index in [1.54, 1.807) is 0 Å². The number of benzene rings is 7. The van der Waals surface area contributed by atoms with E-state index in [0.717, 1.165) is 11.4 Å². The first-order chi connectivity index (χ1) is 20.8. The van der Waals surface area contributed by atoms with Crippen LogP contribution in [0.15, 0.2) is 164 Å². The Morgan fingerprint density at radius 2 is 0.929 bits per heavy atom. The molecule has 0 aliphatic heterocycles. The molecule has 0 bridgehead atoms. The second-order valence-electron chi connectivity index (χ2n) is 10.7. The average molecular weight is 537 g/mol. The molecule has 7 aromatic carbocycles.